The van der Waals surface area contributed by atoms with Crippen molar-refractivity contribution in [2.24, 2.45) is 16.7 Å². The third kappa shape index (κ3) is 0.971. The first-order valence-electron chi connectivity index (χ1n) is 5.36. The molecule has 15 heavy (non-hydrogen) atoms. The summed E-state index contributed by atoms with van der Waals surface area (Å²) in [7, 11) is 0. The number of hydrogen-bond donors (Lipinski definition) is 0. The lowest BCUT2D eigenvalue weighted by atomic mass is 10.0. The van der Waals surface area contributed by atoms with Crippen LogP contribution in [0.15, 0.2) is 0 Å². The highest BCUT2D eigenvalue weighted by atomic mass is 16.6. The molecule has 3 aliphatic rings. The molecule has 3 rings (SSSR count). The molecule has 0 aromatic carbocycles. The van der Waals surface area contributed by atoms with Gasteiger partial charge in [0, 0.05) is 6.42 Å². The van der Waals surface area contributed by atoms with Crippen molar-refractivity contribution in [3.05, 3.63) is 0 Å². The molecule has 4 heteroatoms. The maximum Gasteiger partial charge on any atom is 0.347 e. The van der Waals surface area contributed by atoms with Crippen LogP contribution < -0.4 is 0 Å². The van der Waals surface area contributed by atoms with Crippen LogP contribution in [0.4, 0.5) is 0 Å². The molecule has 1 aliphatic heterocycles. The van der Waals surface area contributed by atoms with E-state index in [1.807, 2.05) is 0 Å². The van der Waals surface area contributed by atoms with E-state index in [4.69, 9.17) is 9.47 Å². The second-order valence-electron chi connectivity index (χ2n) is 5.33. The van der Waals surface area contributed by atoms with Crippen LogP contribution in [0.2, 0.25) is 0 Å². The Hall–Kier alpha value is -1.06. The zero-order valence-electron chi connectivity index (χ0n) is 8.91. The number of cyclic esters (lactones) is 1. The average Bonchev–Trinajstić information content (AvgIpc) is 2.68. The van der Waals surface area contributed by atoms with Crippen molar-refractivity contribution in [2.45, 2.75) is 32.8 Å². The molecule has 0 N–H and O–H groups in total. The summed E-state index contributed by atoms with van der Waals surface area (Å²) in [6.45, 7) is 4.58. The molecule has 3 unspecified atom stereocenters. The van der Waals surface area contributed by atoms with Crippen LogP contribution in [0.1, 0.15) is 26.7 Å². The fourth-order valence-corrected chi connectivity index (χ4v) is 3.06. The van der Waals surface area contributed by atoms with Gasteiger partial charge in [0.15, 0.2) is 0 Å². The molecule has 3 fully saturated rings. The van der Waals surface area contributed by atoms with E-state index in [2.05, 4.69) is 13.8 Å². The summed E-state index contributed by atoms with van der Waals surface area (Å²) >= 11 is 0. The fraction of sp³-hybridized carbons (Fsp3) is 0.818. The number of rotatable bonds is 2. The average molecular weight is 210 g/mol. The van der Waals surface area contributed by atoms with Gasteiger partial charge in [-0.2, -0.15) is 0 Å². The van der Waals surface area contributed by atoms with Crippen molar-refractivity contribution < 1.29 is 19.1 Å². The zero-order chi connectivity index (χ0) is 10.8. The van der Waals surface area contributed by atoms with Gasteiger partial charge in [0.1, 0.15) is 0 Å². The van der Waals surface area contributed by atoms with E-state index in [0.29, 0.717) is 13.0 Å². The molecule has 0 bridgehead atoms. The first kappa shape index (κ1) is 9.19. The molecule has 1 saturated heterocycles. The van der Waals surface area contributed by atoms with E-state index in [1.165, 1.54) is 0 Å². The maximum absolute atomic E-state index is 11.7. The van der Waals surface area contributed by atoms with Gasteiger partial charge in [-0.05, 0) is 17.3 Å². The Morgan fingerprint density at radius 3 is 2.53 bits per heavy atom. The quantitative estimate of drug-likeness (QED) is 0.635. The van der Waals surface area contributed by atoms with Crippen LogP contribution in [0.3, 0.4) is 0 Å². The van der Waals surface area contributed by atoms with Gasteiger partial charge in [0.2, 0.25) is 6.10 Å². The molecule has 4 nitrogen and oxygen atoms in total. The van der Waals surface area contributed by atoms with Crippen molar-refractivity contribution in [1.29, 1.82) is 0 Å². The summed E-state index contributed by atoms with van der Waals surface area (Å²) in [5, 5.41) is 0. The van der Waals surface area contributed by atoms with Crippen molar-refractivity contribution >= 4 is 11.9 Å². The minimum atomic E-state index is -0.648. The fourth-order valence-electron chi connectivity index (χ4n) is 3.06. The van der Waals surface area contributed by atoms with Gasteiger partial charge in [0.05, 0.1) is 12.5 Å². The van der Waals surface area contributed by atoms with Crippen LogP contribution in [-0.4, -0.2) is 24.6 Å². The molecule has 1 heterocycles. The number of carbonyl (C=O) groups excluding carboxylic acids is 2. The van der Waals surface area contributed by atoms with Gasteiger partial charge in [0.25, 0.3) is 0 Å². The number of ether oxygens (including phenoxy) is 2. The topological polar surface area (TPSA) is 52.6 Å². The van der Waals surface area contributed by atoms with Gasteiger partial charge in [-0.25, -0.2) is 4.79 Å². The summed E-state index contributed by atoms with van der Waals surface area (Å²) in [5.74, 6) is -0.596. The Labute approximate surface area is 87.9 Å². The maximum atomic E-state index is 11.7. The molecular formula is C11H14O4. The molecular weight excluding hydrogens is 196 g/mol. The standard InChI is InChI=1S/C11H14O4/c1-10-5-11(10,2)7(10)9(13)15-6-3-4-14-8(6)12/h6-7H,3-5H2,1-2H3. The van der Waals surface area contributed by atoms with Crippen molar-refractivity contribution in [1.82, 2.24) is 0 Å². The van der Waals surface area contributed by atoms with Gasteiger partial charge < -0.3 is 9.47 Å². The van der Waals surface area contributed by atoms with Crippen LogP contribution >= 0.6 is 0 Å². The number of hydrogen-bond acceptors (Lipinski definition) is 4. The van der Waals surface area contributed by atoms with Crippen molar-refractivity contribution in [2.75, 3.05) is 6.61 Å². The molecule has 0 spiro atoms. The normalized spacial score (nSPS) is 50.7. The molecule has 0 aromatic heterocycles. The Kier molecular flexibility index (Phi) is 1.45. The van der Waals surface area contributed by atoms with Gasteiger partial charge >= 0.3 is 11.9 Å². The lowest BCUT2D eigenvalue weighted by molar-refractivity contribution is -0.162. The highest BCUT2D eigenvalue weighted by Crippen LogP contribution is 2.89. The smallest absolute Gasteiger partial charge is 0.347 e. The second-order valence-corrected chi connectivity index (χ2v) is 5.33. The second kappa shape index (κ2) is 2.36. The molecule has 82 valence electrons. The number of fused-ring (bicyclic) bond motifs is 1. The molecule has 0 aromatic rings. The van der Waals surface area contributed by atoms with E-state index in [-0.39, 0.29) is 22.7 Å². The van der Waals surface area contributed by atoms with E-state index in [0.717, 1.165) is 6.42 Å². The zero-order valence-corrected chi connectivity index (χ0v) is 8.91. The van der Waals surface area contributed by atoms with E-state index >= 15 is 0 Å². The van der Waals surface area contributed by atoms with Gasteiger partial charge in [-0.1, -0.05) is 13.8 Å². The Morgan fingerprint density at radius 1 is 1.47 bits per heavy atom. The Morgan fingerprint density at radius 2 is 2.13 bits per heavy atom. The van der Waals surface area contributed by atoms with Gasteiger partial charge in [-0.15, -0.1) is 0 Å². The first-order valence-corrected chi connectivity index (χ1v) is 5.36. The first-order chi connectivity index (χ1) is 6.99. The third-order valence-corrected chi connectivity index (χ3v) is 4.49. The van der Waals surface area contributed by atoms with Crippen LogP contribution in [-0.2, 0) is 19.1 Å². The summed E-state index contributed by atoms with van der Waals surface area (Å²) in [6.07, 6.45) is 0.962. The predicted octanol–water partition coefficient (Wildman–Crippen LogP) is 0.891. The highest BCUT2D eigenvalue weighted by molar-refractivity contribution is 5.86. The van der Waals surface area contributed by atoms with E-state index < -0.39 is 12.1 Å². The minimum Gasteiger partial charge on any atom is -0.463 e. The molecule has 0 radical (unpaired) electrons. The monoisotopic (exact) mass is 210 g/mol. The Bertz CT molecular complexity index is 350. The highest BCUT2D eigenvalue weighted by Gasteiger charge is 2.88. The van der Waals surface area contributed by atoms with Crippen LogP contribution in [0, 0.1) is 16.7 Å². The lowest BCUT2D eigenvalue weighted by Gasteiger charge is -2.12. The molecule has 2 aliphatic carbocycles. The largest absolute Gasteiger partial charge is 0.463 e. The van der Waals surface area contributed by atoms with E-state index in [9.17, 15) is 9.59 Å². The molecule has 2 saturated carbocycles. The third-order valence-electron chi connectivity index (χ3n) is 4.49. The van der Waals surface area contributed by atoms with Crippen molar-refractivity contribution in [3.63, 3.8) is 0 Å². The summed E-state index contributed by atoms with van der Waals surface area (Å²) in [5.41, 5.74) is 0.319. The van der Waals surface area contributed by atoms with Crippen LogP contribution in [0.25, 0.3) is 0 Å². The summed E-state index contributed by atoms with van der Waals surface area (Å²) in [6, 6.07) is 0. The van der Waals surface area contributed by atoms with Crippen LogP contribution in [0.5, 0.6) is 0 Å². The van der Waals surface area contributed by atoms with E-state index in [1.54, 1.807) is 0 Å². The van der Waals surface area contributed by atoms with Gasteiger partial charge in [-0.3, -0.25) is 4.79 Å². The Balaban J connectivity index is 1.61. The predicted molar refractivity (Wildman–Crippen MR) is 49.8 cm³/mol. The SMILES string of the molecule is CC12CC1(C)C2C(=O)OC1CCOC1=O. The minimum absolute atomic E-state index is 0.0124. The summed E-state index contributed by atoms with van der Waals surface area (Å²) in [4.78, 5) is 22.8. The lowest BCUT2D eigenvalue weighted by Crippen LogP contribution is -2.26. The molecule has 0 amide bonds. The molecule has 3 atom stereocenters. The summed E-state index contributed by atoms with van der Waals surface area (Å²) < 4.78 is 9.90. The number of carbonyl (C=O) groups is 2. The number of esters is 2. The van der Waals surface area contributed by atoms with Crippen molar-refractivity contribution in [3.8, 4) is 0 Å².